The quantitative estimate of drug-likeness (QED) is 0.827. The zero-order valence-electron chi connectivity index (χ0n) is 15.6. The highest BCUT2D eigenvalue weighted by Crippen LogP contribution is 2.23. The molecular formula is C20H27N3O4. The van der Waals surface area contributed by atoms with E-state index in [2.05, 4.69) is 5.32 Å². The molecular weight excluding hydrogens is 346 g/mol. The van der Waals surface area contributed by atoms with Crippen LogP contribution >= 0.6 is 0 Å². The van der Waals surface area contributed by atoms with E-state index in [0.29, 0.717) is 32.5 Å². The second-order valence-corrected chi connectivity index (χ2v) is 7.64. The number of benzene rings is 1. The fourth-order valence-electron chi connectivity index (χ4n) is 3.97. The molecule has 2 heterocycles. The van der Waals surface area contributed by atoms with Crippen molar-refractivity contribution in [2.24, 2.45) is 11.8 Å². The van der Waals surface area contributed by atoms with E-state index in [-0.39, 0.29) is 30.4 Å². The average Bonchev–Trinajstić information content (AvgIpc) is 3.06. The minimum absolute atomic E-state index is 0.114. The second-order valence-electron chi connectivity index (χ2n) is 7.64. The number of hydrogen-bond donors (Lipinski definition) is 2. The van der Waals surface area contributed by atoms with Gasteiger partial charge in [0, 0.05) is 32.6 Å². The van der Waals surface area contributed by atoms with Crippen LogP contribution in [0.4, 0.5) is 4.79 Å². The van der Waals surface area contributed by atoms with Crippen LogP contribution < -0.4 is 5.32 Å². The Labute approximate surface area is 159 Å². The van der Waals surface area contributed by atoms with Crippen molar-refractivity contribution in [2.45, 2.75) is 32.2 Å². The standard InChI is InChI=1S/C20H27N3O4/c1-14-10-16(19(25)26)12-23(11-14)20(27)21-17(15-6-3-2-4-7-15)13-22-9-5-8-18(22)24/h2-4,6-7,14,16-17H,5,8-13H2,1H3,(H,21,27)(H,25,26)/t14-,16+,17+/m1/s1. The van der Waals surface area contributed by atoms with Crippen LogP contribution in [0.2, 0.25) is 0 Å². The monoisotopic (exact) mass is 373 g/mol. The predicted octanol–water partition coefficient (Wildman–Crippen LogP) is 2.10. The van der Waals surface area contributed by atoms with Gasteiger partial charge in [0.05, 0.1) is 12.0 Å². The first-order chi connectivity index (χ1) is 12.9. The number of likely N-dealkylation sites (tertiary alicyclic amines) is 2. The van der Waals surface area contributed by atoms with Crippen molar-refractivity contribution in [1.29, 1.82) is 0 Å². The molecule has 7 heteroatoms. The first kappa shape index (κ1) is 19.2. The van der Waals surface area contributed by atoms with Gasteiger partial charge in [-0.3, -0.25) is 9.59 Å². The molecule has 146 valence electrons. The minimum Gasteiger partial charge on any atom is -0.481 e. The summed E-state index contributed by atoms with van der Waals surface area (Å²) in [7, 11) is 0. The first-order valence-corrected chi connectivity index (χ1v) is 9.55. The molecule has 1 aromatic rings. The van der Waals surface area contributed by atoms with Crippen molar-refractivity contribution in [3.63, 3.8) is 0 Å². The van der Waals surface area contributed by atoms with Crippen LogP contribution in [0, 0.1) is 11.8 Å². The molecule has 0 aliphatic carbocycles. The lowest BCUT2D eigenvalue weighted by Gasteiger charge is -2.36. The Hall–Kier alpha value is -2.57. The number of aliphatic carboxylic acids is 1. The Balaban J connectivity index is 1.72. The lowest BCUT2D eigenvalue weighted by atomic mass is 9.91. The highest BCUT2D eigenvalue weighted by molar-refractivity contribution is 5.79. The van der Waals surface area contributed by atoms with Gasteiger partial charge in [-0.25, -0.2) is 4.79 Å². The molecule has 0 unspecified atom stereocenters. The number of carboxylic acid groups (broad SMARTS) is 1. The van der Waals surface area contributed by atoms with Crippen LogP contribution in [0.1, 0.15) is 37.8 Å². The molecule has 27 heavy (non-hydrogen) atoms. The van der Waals surface area contributed by atoms with Crippen LogP contribution in [-0.4, -0.2) is 59.0 Å². The van der Waals surface area contributed by atoms with Crippen LogP contribution in [0.3, 0.4) is 0 Å². The zero-order chi connectivity index (χ0) is 19.4. The van der Waals surface area contributed by atoms with Gasteiger partial charge in [-0.1, -0.05) is 37.3 Å². The SMILES string of the molecule is C[C@@H]1C[C@H](C(=O)O)CN(C(=O)N[C@@H](CN2CCCC2=O)c2ccccc2)C1. The fourth-order valence-corrected chi connectivity index (χ4v) is 3.97. The summed E-state index contributed by atoms with van der Waals surface area (Å²) >= 11 is 0. The maximum atomic E-state index is 12.9. The molecule has 2 fully saturated rings. The van der Waals surface area contributed by atoms with Crippen molar-refractivity contribution < 1.29 is 19.5 Å². The molecule has 3 amide bonds. The van der Waals surface area contributed by atoms with Gasteiger partial charge in [-0.05, 0) is 24.3 Å². The number of carboxylic acids is 1. The van der Waals surface area contributed by atoms with Gasteiger partial charge in [0.2, 0.25) is 5.91 Å². The van der Waals surface area contributed by atoms with Gasteiger partial charge in [-0.15, -0.1) is 0 Å². The molecule has 2 aliphatic rings. The van der Waals surface area contributed by atoms with Crippen LogP contribution in [0.15, 0.2) is 30.3 Å². The molecule has 3 rings (SSSR count). The van der Waals surface area contributed by atoms with E-state index in [1.807, 2.05) is 37.3 Å². The molecule has 2 N–H and O–H groups in total. The van der Waals surface area contributed by atoms with Gasteiger partial charge in [0.1, 0.15) is 0 Å². The molecule has 7 nitrogen and oxygen atoms in total. The lowest BCUT2D eigenvalue weighted by Crippen LogP contribution is -2.51. The Morgan fingerprint density at radius 2 is 2.00 bits per heavy atom. The Bertz CT molecular complexity index is 694. The number of amides is 3. The smallest absolute Gasteiger partial charge is 0.317 e. The van der Waals surface area contributed by atoms with E-state index < -0.39 is 11.9 Å². The molecule has 0 radical (unpaired) electrons. The maximum absolute atomic E-state index is 12.9. The Morgan fingerprint density at radius 1 is 1.26 bits per heavy atom. The summed E-state index contributed by atoms with van der Waals surface area (Å²) in [5.41, 5.74) is 0.936. The summed E-state index contributed by atoms with van der Waals surface area (Å²) in [5.74, 6) is -1.14. The van der Waals surface area contributed by atoms with Crippen molar-refractivity contribution in [2.75, 3.05) is 26.2 Å². The second kappa shape index (κ2) is 8.41. The van der Waals surface area contributed by atoms with Crippen LogP contribution in [0.25, 0.3) is 0 Å². The van der Waals surface area contributed by atoms with Crippen LogP contribution in [-0.2, 0) is 9.59 Å². The molecule has 2 aliphatic heterocycles. The average molecular weight is 373 g/mol. The number of piperidine rings is 1. The zero-order valence-corrected chi connectivity index (χ0v) is 15.6. The van der Waals surface area contributed by atoms with Gasteiger partial charge in [-0.2, -0.15) is 0 Å². The van der Waals surface area contributed by atoms with E-state index in [1.165, 1.54) is 0 Å². The Morgan fingerprint density at radius 3 is 2.63 bits per heavy atom. The summed E-state index contributed by atoms with van der Waals surface area (Å²) in [6.07, 6.45) is 1.99. The highest BCUT2D eigenvalue weighted by atomic mass is 16.4. The molecule has 0 bridgehead atoms. The molecule has 2 saturated heterocycles. The third-order valence-corrected chi connectivity index (χ3v) is 5.37. The number of rotatable bonds is 5. The van der Waals surface area contributed by atoms with Crippen molar-refractivity contribution in [3.05, 3.63) is 35.9 Å². The number of carbonyl (C=O) groups is 3. The van der Waals surface area contributed by atoms with Crippen molar-refractivity contribution >= 4 is 17.9 Å². The number of hydrogen-bond acceptors (Lipinski definition) is 3. The molecule has 3 atom stereocenters. The molecule has 0 saturated carbocycles. The summed E-state index contributed by atoms with van der Waals surface area (Å²) in [6, 6.07) is 9.00. The third-order valence-electron chi connectivity index (χ3n) is 5.37. The van der Waals surface area contributed by atoms with Gasteiger partial charge >= 0.3 is 12.0 Å². The predicted molar refractivity (Wildman–Crippen MR) is 100 cm³/mol. The van der Waals surface area contributed by atoms with Crippen molar-refractivity contribution in [3.8, 4) is 0 Å². The summed E-state index contributed by atoms with van der Waals surface area (Å²) < 4.78 is 0. The highest BCUT2D eigenvalue weighted by Gasteiger charge is 2.33. The van der Waals surface area contributed by atoms with Gasteiger partial charge < -0.3 is 20.2 Å². The summed E-state index contributed by atoms with van der Waals surface area (Å²) in [6.45, 7) is 3.86. The van der Waals surface area contributed by atoms with Gasteiger partial charge in [0.25, 0.3) is 0 Å². The number of urea groups is 1. The number of carbonyl (C=O) groups excluding carboxylic acids is 2. The molecule has 1 aromatic carbocycles. The fraction of sp³-hybridized carbons (Fsp3) is 0.550. The first-order valence-electron chi connectivity index (χ1n) is 9.55. The van der Waals surface area contributed by atoms with Crippen molar-refractivity contribution in [1.82, 2.24) is 15.1 Å². The minimum atomic E-state index is -0.860. The number of nitrogens with one attached hydrogen (secondary N) is 1. The largest absolute Gasteiger partial charge is 0.481 e. The molecule has 0 spiro atoms. The summed E-state index contributed by atoms with van der Waals surface area (Å²) in [5, 5.41) is 12.4. The Kier molecular flexibility index (Phi) is 5.98. The van der Waals surface area contributed by atoms with E-state index in [1.54, 1.807) is 9.80 Å². The molecule has 0 aromatic heterocycles. The van der Waals surface area contributed by atoms with E-state index >= 15 is 0 Å². The van der Waals surface area contributed by atoms with Gasteiger partial charge in [0.15, 0.2) is 0 Å². The normalized spacial score (nSPS) is 24.0. The van der Waals surface area contributed by atoms with E-state index in [9.17, 15) is 19.5 Å². The van der Waals surface area contributed by atoms with Crippen LogP contribution in [0.5, 0.6) is 0 Å². The topological polar surface area (TPSA) is 89.9 Å². The number of nitrogens with zero attached hydrogens (tertiary/aromatic N) is 2. The maximum Gasteiger partial charge on any atom is 0.317 e. The lowest BCUT2D eigenvalue weighted by molar-refractivity contribution is -0.143. The van der Waals surface area contributed by atoms with E-state index in [0.717, 1.165) is 12.0 Å². The third kappa shape index (κ3) is 4.78. The van der Waals surface area contributed by atoms with E-state index in [4.69, 9.17) is 0 Å². The summed E-state index contributed by atoms with van der Waals surface area (Å²) in [4.78, 5) is 39.7.